The number of ether oxygens (including phenoxy) is 1. The Morgan fingerprint density at radius 3 is 2.59 bits per heavy atom. The van der Waals surface area contributed by atoms with Gasteiger partial charge >= 0.3 is 5.97 Å². The molecule has 1 fully saturated rings. The lowest BCUT2D eigenvalue weighted by molar-refractivity contribution is -0.150. The van der Waals surface area contributed by atoms with Gasteiger partial charge in [-0.05, 0) is 63.7 Å². The Hall–Kier alpha value is -2.55. The molecular formula is C21H29N3O3. The lowest BCUT2D eigenvalue weighted by Gasteiger charge is -2.13. The van der Waals surface area contributed by atoms with Crippen LogP contribution in [0.2, 0.25) is 0 Å². The maximum Gasteiger partial charge on any atom is 0.349 e. The predicted octanol–water partition coefficient (Wildman–Crippen LogP) is 3.27. The first-order valence-electron chi connectivity index (χ1n) is 9.52. The normalized spacial score (nSPS) is 15.4. The fraction of sp³-hybridized carbons (Fsp3) is 0.571. The number of esters is 1. The second kappa shape index (κ2) is 8.90. The third kappa shape index (κ3) is 5.72. The van der Waals surface area contributed by atoms with E-state index in [4.69, 9.17) is 4.74 Å². The molecule has 0 saturated heterocycles. The fourth-order valence-corrected chi connectivity index (χ4v) is 2.82. The van der Waals surface area contributed by atoms with E-state index in [1.807, 2.05) is 26.0 Å². The number of carbonyl (C=O) groups excluding carboxylic acids is 2. The number of hydrogen-bond acceptors (Lipinski definition) is 4. The molecule has 1 atom stereocenters. The molecule has 0 spiro atoms. The first-order valence-corrected chi connectivity index (χ1v) is 9.52. The van der Waals surface area contributed by atoms with E-state index in [2.05, 4.69) is 23.7 Å². The van der Waals surface area contributed by atoms with Crippen molar-refractivity contribution in [1.29, 1.82) is 5.26 Å². The molecule has 6 heteroatoms. The van der Waals surface area contributed by atoms with Crippen molar-refractivity contribution in [3.05, 3.63) is 28.6 Å². The summed E-state index contributed by atoms with van der Waals surface area (Å²) in [6, 6.07) is 4.06. The Morgan fingerprint density at radius 1 is 1.37 bits per heavy atom. The van der Waals surface area contributed by atoms with Crippen molar-refractivity contribution in [2.75, 3.05) is 0 Å². The highest BCUT2D eigenvalue weighted by Gasteiger charge is 2.28. The second-order valence-electron chi connectivity index (χ2n) is 7.66. The van der Waals surface area contributed by atoms with Crippen molar-refractivity contribution >= 4 is 18.0 Å². The van der Waals surface area contributed by atoms with Crippen LogP contribution in [0.4, 0.5) is 0 Å². The molecule has 0 radical (unpaired) electrons. The van der Waals surface area contributed by atoms with Crippen LogP contribution < -0.4 is 5.32 Å². The smallest absolute Gasteiger partial charge is 0.349 e. The van der Waals surface area contributed by atoms with Crippen LogP contribution in [0, 0.1) is 31.1 Å². The van der Waals surface area contributed by atoms with Crippen LogP contribution in [0.1, 0.15) is 57.0 Å². The zero-order chi connectivity index (χ0) is 20.1. The monoisotopic (exact) mass is 371 g/mol. The molecule has 146 valence electrons. The Morgan fingerprint density at radius 2 is 2.04 bits per heavy atom. The number of hydrogen-bond donors (Lipinski definition) is 1. The third-order valence-electron chi connectivity index (χ3n) is 4.76. The van der Waals surface area contributed by atoms with E-state index in [0.717, 1.165) is 42.8 Å². The highest BCUT2D eigenvalue weighted by molar-refractivity contribution is 5.99. The van der Waals surface area contributed by atoms with Gasteiger partial charge in [0, 0.05) is 24.0 Å². The van der Waals surface area contributed by atoms with Crippen molar-refractivity contribution in [3.8, 4) is 6.07 Å². The Labute approximate surface area is 161 Å². The molecule has 1 saturated carbocycles. The van der Waals surface area contributed by atoms with Gasteiger partial charge in [-0.1, -0.05) is 13.8 Å². The van der Waals surface area contributed by atoms with Gasteiger partial charge in [0.25, 0.3) is 5.91 Å². The summed E-state index contributed by atoms with van der Waals surface area (Å²) in [5.74, 6) is -0.504. The average Bonchev–Trinajstić information content (AvgIpc) is 3.37. The number of nitrogens with one attached hydrogen (secondary N) is 1. The van der Waals surface area contributed by atoms with Crippen LogP contribution in [0.25, 0.3) is 6.08 Å². The second-order valence-corrected chi connectivity index (χ2v) is 7.66. The molecule has 1 aromatic rings. The zero-order valence-electron chi connectivity index (χ0n) is 16.8. The number of nitriles is 1. The number of amides is 1. The van der Waals surface area contributed by atoms with Gasteiger partial charge in [0.15, 0.2) is 6.10 Å². The Bertz CT molecular complexity index is 779. The Balaban J connectivity index is 2.10. The van der Waals surface area contributed by atoms with Crippen LogP contribution in [-0.4, -0.2) is 28.6 Å². The van der Waals surface area contributed by atoms with Gasteiger partial charge in [-0.15, -0.1) is 0 Å². The molecule has 27 heavy (non-hydrogen) atoms. The zero-order valence-corrected chi connectivity index (χ0v) is 16.8. The molecule has 1 amide bonds. The van der Waals surface area contributed by atoms with Gasteiger partial charge in [-0.2, -0.15) is 5.26 Å². The Kier molecular flexibility index (Phi) is 6.84. The summed E-state index contributed by atoms with van der Waals surface area (Å²) in [4.78, 5) is 24.2. The molecule has 1 aliphatic carbocycles. The van der Waals surface area contributed by atoms with E-state index < -0.39 is 12.1 Å². The topological polar surface area (TPSA) is 84.1 Å². The minimum absolute atomic E-state index is 0.106. The van der Waals surface area contributed by atoms with Crippen molar-refractivity contribution in [1.82, 2.24) is 9.88 Å². The van der Waals surface area contributed by atoms with Gasteiger partial charge in [-0.3, -0.25) is 4.79 Å². The minimum Gasteiger partial charge on any atom is -0.448 e. The summed E-state index contributed by atoms with van der Waals surface area (Å²) in [5, 5.41) is 12.2. The van der Waals surface area contributed by atoms with Crippen molar-refractivity contribution in [2.45, 2.75) is 72.6 Å². The van der Waals surface area contributed by atoms with Gasteiger partial charge < -0.3 is 14.6 Å². The van der Waals surface area contributed by atoms with Crippen LogP contribution in [0.5, 0.6) is 0 Å². The van der Waals surface area contributed by atoms with Crippen LogP contribution >= 0.6 is 0 Å². The summed E-state index contributed by atoms with van der Waals surface area (Å²) >= 11 is 0. The highest BCUT2D eigenvalue weighted by Crippen LogP contribution is 2.21. The molecular weight excluding hydrogens is 342 g/mol. The van der Waals surface area contributed by atoms with Gasteiger partial charge in [0.1, 0.15) is 11.6 Å². The standard InChI is InChI=1S/C21H29N3O3/c1-13(2)8-9-24-14(3)10-17(15(24)4)11-18(12-22)21(26)27-16(5)20(25)23-19-6-7-19/h10-11,13,16,19H,6-9H2,1-5H3,(H,23,25)/b18-11+/t16-/m0/s1. The van der Waals surface area contributed by atoms with Gasteiger partial charge in [0.2, 0.25) is 0 Å². The van der Waals surface area contributed by atoms with Gasteiger partial charge in [-0.25, -0.2) is 4.79 Å². The molecule has 1 heterocycles. The summed E-state index contributed by atoms with van der Waals surface area (Å²) in [5.41, 5.74) is 2.81. The van der Waals surface area contributed by atoms with Crippen LogP contribution in [0.3, 0.4) is 0 Å². The number of aryl methyl sites for hydroxylation is 1. The number of rotatable bonds is 8. The number of nitrogens with zero attached hydrogens (tertiary/aromatic N) is 2. The van der Waals surface area contributed by atoms with Crippen LogP contribution in [0.15, 0.2) is 11.6 Å². The van der Waals surface area contributed by atoms with E-state index in [9.17, 15) is 14.9 Å². The molecule has 1 aliphatic rings. The molecule has 0 bridgehead atoms. The largest absolute Gasteiger partial charge is 0.448 e. The number of aromatic nitrogens is 1. The summed E-state index contributed by atoms with van der Waals surface area (Å²) in [7, 11) is 0. The molecule has 0 unspecified atom stereocenters. The summed E-state index contributed by atoms with van der Waals surface area (Å²) in [6.07, 6.45) is 3.60. The average molecular weight is 371 g/mol. The molecule has 2 rings (SSSR count). The van der Waals surface area contributed by atoms with E-state index in [1.165, 1.54) is 6.92 Å². The van der Waals surface area contributed by atoms with E-state index in [-0.39, 0.29) is 17.5 Å². The molecule has 0 aromatic carbocycles. The van der Waals surface area contributed by atoms with Crippen molar-refractivity contribution in [2.24, 2.45) is 5.92 Å². The first-order chi connectivity index (χ1) is 12.7. The molecule has 1 aromatic heterocycles. The van der Waals surface area contributed by atoms with Gasteiger partial charge in [0.05, 0.1) is 0 Å². The first kappa shape index (κ1) is 20.8. The quantitative estimate of drug-likeness (QED) is 0.432. The number of carbonyl (C=O) groups is 2. The molecule has 1 N–H and O–H groups in total. The lowest BCUT2D eigenvalue weighted by Crippen LogP contribution is -2.37. The van der Waals surface area contributed by atoms with Crippen molar-refractivity contribution in [3.63, 3.8) is 0 Å². The summed E-state index contributed by atoms with van der Waals surface area (Å²) < 4.78 is 7.37. The maximum atomic E-state index is 12.3. The minimum atomic E-state index is -0.923. The maximum absolute atomic E-state index is 12.3. The van der Waals surface area contributed by atoms with Crippen LogP contribution in [-0.2, 0) is 20.9 Å². The van der Waals surface area contributed by atoms with E-state index in [0.29, 0.717) is 5.92 Å². The highest BCUT2D eigenvalue weighted by atomic mass is 16.5. The van der Waals surface area contributed by atoms with E-state index in [1.54, 1.807) is 6.08 Å². The fourth-order valence-electron chi connectivity index (χ4n) is 2.82. The summed E-state index contributed by atoms with van der Waals surface area (Å²) in [6.45, 7) is 10.8. The molecule has 0 aliphatic heterocycles. The van der Waals surface area contributed by atoms with E-state index >= 15 is 0 Å². The molecule has 6 nitrogen and oxygen atoms in total. The predicted molar refractivity (Wildman–Crippen MR) is 104 cm³/mol. The SMILES string of the molecule is Cc1cc(/C=C(\C#N)C(=O)O[C@@H](C)C(=O)NC2CC2)c(C)n1CCC(C)C. The van der Waals surface area contributed by atoms with Crippen molar-refractivity contribution < 1.29 is 14.3 Å². The third-order valence-corrected chi connectivity index (χ3v) is 4.76. The lowest BCUT2D eigenvalue weighted by atomic mass is 10.1.